The third kappa shape index (κ3) is 4.98. The molecule has 1 aliphatic heterocycles. The minimum absolute atomic E-state index is 0.0142. The van der Waals surface area contributed by atoms with E-state index in [9.17, 15) is 13.2 Å². The summed E-state index contributed by atoms with van der Waals surface area (Å²) >= 11 is 5.83. The van der Waals surface area contributed by atoms with E-state index in [1.54, 1.807) is 12.1 Å². The van der Waals surface area contributed by atoms with Gasteiger partial charge < -0.3 is 10.6 Å². The minimum Gasteiger partial charge on any atom is -0.351 e. The van der Waals surface area contributed by atoms with Crippen molar-refractivity contribution in [1.82, 2.24) is 10.6 Å². The molecule has 7 heteroatoms. The third-order valence-corrected chi connectivity index (χ3v) is 5.56. The Balaban J connectivity index is 1.77. The Bertz CT molecular complexity index is 601. The zero-order valence-electron chi connectivity index (χ0n) is 11.8. The van der Waals surface area contributed by atoms with Crippen LogP contribution in [0.1, 0.15) is 24.9 Å². The van der Waals surface area contributed by atoms with Crippen molar-refractivity contribution in [2.24, 2.45) is 0 Å². The summed E-state index contributed by atoms with van der Waals surface area (Å²) in [6.07, 6.45) is 0.501. The van der Waals surface area contributed by atoms with Crippen LogP contribution in [0, 0.1) is 0 Å². The Morgan fingerprint density at radius 1 is 1.38 bits per heavy atom. The van der Waals surface area contributed by atoms with Gasteiger partial charge in [-0.15, -0.1) is 0 Å². The summed E-state index contributed by atoms with van der Waals surface area (Å²) in [6, 6.07) is 7.18. The van der Waals surface area contributed by atoms with E-state index in [1.165, 1.54) is 0 Å². The van der Waals surface area contributed by atoms with Crippen molar-refractivity contribution in [2.75, 3.05) is 18.1 Å². The Kier molecular flexibility index (Phi) is 5.24. The van der Waals surface area contributed by atoms with Gasteiger partial charge in [0.1, 0.15) is 0 Å². The van der Waals surface area contributed by atoms with Crippen LogP contribution in [0.25, 0.3) is 0 Å². The second kappa shape index (κ2) is 6.77. The first kappa shape index (κ1) is 16.3. The normalized spacial score (nSPS) is 21.9. The number of rotatable bonds is 5. The number of halogens is 1. The number of carbonyl (C=O) groups excluding carboxylic acids is 1. The number of hydrogen-bond donors (Lipinski definition) is 2. The van der Waals surface area contributed by atoms with Crippen LogP contribution in [-0.2, 0) is 14.6 Å². The molecule has 5 nitrogen and oxygen atoms in total. The molecule has 0 aromatic heterocycles. The molecule has 1 aromatic rings. The molecule has 0 unspecified atom stereocenters. The van der Waals surface area contributed by atoms with Gasteiger partial charge in [0.15, 0.2) is 9.84 Å². The molecule has 0 aliphatic carbocycles. The standard InChI is InChI=1S/C14H19ClN2O3S/c1-10(11-2-4-12(15)5-3-11)16-8-14(18)17-13-6-7-21(19,20)9-13/h2-5,10,13,16H,6-9H2,1H3,(H,17,18)/t10-,13-/m1/s1. The summed E-state index contributed by atoms with van der Waals surface area (Å²) in [5, 5.41) is 6.53. The Labute approximate surface area is 130 Å². The van der Waals surface area contributed by atoms with Crippen LogP contribution in [0.15, 0.2) is 24.3 Å². The Morgan fingerprint density at radius 3 is 2.62 bits per heavy atom. The number of sulfone groups is 1. The maximum atomic E-state index is 11.8. The van der Waals surface area contributed by atoms with E-state index < -0.39 is 9.84 Å². The van der Waals surface area contributed by atoms with Crippen molar-refractivity contribution < 1.29 is 13.2 Å². The minimum atomic E-state index is -2.97. The highest BCUT2D eigenvalue weighted by Crippen LogP contribution is 2.15. The summed E-state index contributed by atoms with van der Waals surface area (Å²) in [4.78, 5) is 11.8. The number of nitrogens with one attached hydrogen (secondary N) is 2. The SMILES string of the molecule is C[C@@H](NCC(=O)N[C@@H]1CCS(=O)(=O)C1)c1ccc(Cl)cc1. The monoisotopic (exact) mass is 330 g/mol. The smallest absolute Gasteiger partial charge is 0.234 e. The van der Waals surface area contributed by atoms with Crippen LogP contribution in [0.4, 0.5) is 0 Å². The van der Waals surface area contributed by atoms with E-state index in [4.69, 9.17) is 11.6 Å². The van der Waals surface area contributed by atoms with E-state index in [-0.39, 0.29) is 36.0 Å². The molecule has 1 saturated heterocycles. The molecule has 1 fully saturated rings. The quantitative estimate of drug-likeness (QED) is 0.853. The van der Waals surface area contributed by atoms with Crippen molar-refractivity contribution in [3.05, 3.63) is 34.9 Å². The van der Waals surface area contributed by atoms with Gasteiger partial charge >= 0.3 is 0 Å². The average Bonchev–Trinajstić information content (AvgIpc) is 2.76. The van der Waals surface area contributed by atoms with Crippen molar-refractivity contribution in [2.45, 2.75) is 25.4 Å². The summed E-state index contributed by atoms with van der Waals surface area (Å²) < 4.78 is 22.6. The first-order valence-corrected chi connectivity index (χ1v) is 9.04. The first-order valence-electron chi connectivity index (χ1n) is 6.84. The van der Waals surface area contributed by atoms with Gasteiger partial charge in [-0.25, -0.2) is 8.42 Å². The second-order valence-electron chi connectivity index (χ2n) is 5.32. The van der Waals surface area contributed by atoms with Crippen molar-refractivity contribution in [3.8, 4) is 0 Å². The number of amides is 1. The molecule has 2 atom stereocenters. The average molecular weight is 331 g/mol. The van der Waals surface area contributed by atoms with Gasteiger partial charge in [-0.1, -0.05) is 23.7 Å². The molecule has 21 heavy (non-hydrogen) atoms. The zero-order valence-corrected chi connectivity index (χ0v) is 13.4. The maximum Gasteiger partial charge on any atom is 0.234 e. The molecule has 116 valence electrons. The van der Waals surface area contributed by atoms with Gasteiger partial charge in [0, 0.05) is 17.1 Å². The van der Waals surface area contributed by atoms with Crippen molar-refractivity contribution >= 4 is 27.3 Å². The lowest BCUT2D eigenvalue weighted by molar-refractivity contribution is -0.120. The predicted octanol–water partition coefficient (Wildman–Crippen LogP) is 1.29. The number of benzene rings is 1. The lowest BCUT2D eigenvalue weighted by Crippen LogP contribution is -2.41. The first-order chi connectivity index (χ1) is 9.85. The molecule has 1 amide bonds. The summed E-state index contributed by atoms with van der Waals surface area (Å²) in [6.45, 7) is 2.11. The highest BCUT2D eigenvalue weighted by atomic mass is 35.5. The molecular formula is C14H19ClN2O3S. The second-order valence-corrected chi connectivity index (χ2v) is 7.99. The molecule has 0 saturated carbocycles. The van der Waals surface area contributed by atoms with E-state index >= 15 is 0 Å². The summed E-state index contributed by atoms with van der Waals surface area (Å²) in [7, 11) is -2.97. The van der Waals surface area contributed by atoms with E-state index in [2.05, 4.69) is 10.6 Å². The largest absolute Gasteiger partial charge is 0.351 e. The van der Waals surface area contributed by atoms with Crippen LogP contribution in [0.3, 0.4) is 0 Å². The summed E-state index contributed by atoms with van der Waals surface area (Å²) in [5.74, 6) is 0.0239. The highest BCUT2D eigenvalue weighted by Gasteiger charge is 2.28. The molecule has 2 rings (SSSR count). The van der Waals surface area contributed by atoms with Crippen LogP contribution in [-0.4, -0.2) is 38.4 Å². The molecular weight excluding hydrogens is 312 g/mol. The van der Waals surface area contributed by atoms with Crippen molar-refractivity contribution in [3.63, 3.8) is 0 Å². The van der Waals surface area contributed by atoms with E-state index in [0.29, 0.717) is 11.4 Å². The van der Waals surface area contributed by atoms with E-state index in [1.807, 2.05) is 19.1 Å². The van der Waals surface area contributed by atoms with Gasteiger partial charge in [0.05, 0.1) is 18.1 Å². The topological polar surface area (TPSA) is 75.3 Å². The van der Waals surface area contributed by atoms with Gasteiger partial charge in [-0.2, -0.15) is 0 Å². The van der Waals surface area contributed by atoms with Crippen LogP contribution >= 0.6 is 11.6 Å². The van der Waals surface area contributed by atoms with Crippen LogP contribution < -0.4 is 10.6 Å². The fraction of sp³-hybridized carbons (Fsp3) is 0.500. The van der Waals surface area contributed by atoms with Gasteiger partial charge in [0.25, 0.3) is 0 Å². The third-order valence-electron chi connectivity index (χ3n) is 3.54. The Hall–Kier alpha value is -1.11. The maximum absolute atomic E-state index is 11.8. The lowest BCUT2D eigenvalue weighted by Gasteiger charge is -2.16. The van der Waals surface area contributed by atoms with Crippen LogP contribution in [0.2, 0.25) is 5.02 Å². The molecule has 1 aliphatic rings. The summed E-state index contributed by atoms with van der Waals surface area (Å²) in [5.41, 5.74) is 1.04. The molecule has 0 spiro atoms. The fourth-order valence-corrected chi connectivity index (χ4v) is 4.10. The number of hydrogen-bond acceptors (Lipinski definition) is 4. The molecule has 0 radical (unpaired) electrons. The lowest BCUT2D eigenvalue weighted by atomic mass is 10.1. The van der Waals surface area contributed by atoms with E-state index in [0.717, 1.165) is 5.56 Å². The van der Waals surface area contributed by atoms with Gasteiger partial charge in [-0.3, -0.25) is 4.79 Å². The number of carbonyl (C=O) groups is 1. The fourth-order valence-electron chi connectivity index (χ4n) is 2.30. The van der Waals surface area contributed by atoms with Gasteiger partial charge in [-0.05, 0) is 31.0 Å². The Morgan fingerprint density at radius 2 is 2.05 bits per heavy atom. The zero-order chi connectivity index (χ0) is 15.5. The predicted molar refractivity (Wildman–Crippen MR) is 83.1 cm³/mol. The highest BCUT2D eigenvalue weighted by molar-refractivity contribution is 7.91. The molecule has 0 bridgehead atoms. The molecule has 1 heterocycles. The molecule has 2 N–H and O–H groups in total. The van der Waals surface area contributed by atoms with Gasteiger partial charge in [0.2, 0.25) is 5.91 Å². The van der Waals surface area contributed by atoms with Crippen LogP contribution in [0.5, 0.6) is 0 Å². The van der Waals surface area contributed by atoms with Crippen molar-refractivity contribution in [1.29, 1.82) is 0 Å². The molecule has 1 aromatic carbocycles.